The monoisotopic (exact) mass is 339 g/mol. The molecule has 0 aromatic heterocycles. The third-order valence-corrected chi connectivity index (χ3v) is 2.68. The molecule has 1 aromatic carbocycles. The lowest BCUT2D eigenvalue weighted by Gasteiger charge is -2.19. The number of nitrogens with one attached hydrogen (secondary N) is 1. The van der Waals surface area contributed by atoms with Crippen molar-refractivity contribution in [3.63, 3.8) is 0 Å². The normalized spacial score (nSPS) is 11.0. The van der Waals surface area contributed by atoms with Crippen LogP contribution < -0.4 is 10.1 Å². The van der Waals surface area contributed by atoms with Gasteiger partial charge in [0.25, 0.3) is 0 Å². The van der Waals surface area contributed by atoms with Crippen LogP contribution in [0, 0.1) is 0 Å². The summed E-state index contributed by atoms with van der Waals surface area (Å²) in [6.07, 6.45) is 0.0822. The van der Waals surface area contributed by atoms with Gasteiger partial charge in [-0.25, -0.2) is 4.79 Å². The van der Waals surface area contributed by atoms with Crippen LogP contribution in [-0.2, 0) is 14.3 Å². The minimum absolute atomic E-state index is 0.104. The van der Waals surface area contributed by atoms with Crippen LogP contribution in [0.15, 0.2) is 24.3 Å². The molecule has 0 aliphatic heterocycles. The van der Waals surface area contributed by atoms with E-state index in [0.717, 1.165) is 0 Å². The minimum Gasteiger partial charge on any atom is -0.491 e. The second-order valence-electron chi connectivity index (χ2n) is 6.11. The molecule has 0 saturated heterocycles. The number of carbonyl (C=O) groups excluding carboxylic acids is 1. The number of carboxylic acids is 1. The van der Waals surface area contributed by atoms with Crippen molar-refractivity contribution in [2.24, 2.45) is 0 Å². The average Bonchev–Trinajstić information content (AvgIpc) is 2.45. The third kappa shape index (κ3) is 9.68. The van der Waals surface area contributed by atoms with Crippen LogP contribution in [0.25, 0.3) is 0 Å². The number of hydrogen-bond acceptors (Lipinski definition) is 5. The highest BCUT2D eigenvalue weighted by Gasteiger charge is 2.16. The van der Waals surface area contributed by atoms with Gasteiger partial charge in [-0.1, -0.05) is 0 Å². The van der Waals surface area contributed by atoms with Gasteiger partial charge in [0, 0.05) is 18.7 Å². The van der Waals surface area contributed by atoms with Crippen molar-refractivity contribution in [2.45, 2.75) is 39.2 Å². The molecule has 134 valence electrons. The molecule has 0 unspecified atom stereocenters. The maximum Gasteiger partial charge on any atom is 0.412 e. The van der Waals surface area contributed by atoms with E-state index in [2.05, 4.69) is 5.32 Å². The lowest BCUT2D eigenvalue weighted by atomic mass is 10.2. The molecule has 0 bridgehead atoms. The molecule has 0 aliphatic rings. The molecule has 24 heavy (non-hydrogen) atoms. The van der Waals surface area contributed by atoms with Crippen LogP contribution in [-0.4, -0.2) is 42.6 Å². The van der Waals surface area contributed by atoms with E-state index >= 15 is 0 Å². The molecule has 0 aliphatic carbocycles. The predicted molar refractivity (Wildman–Crippen MR) is 89.5 cm³/mol. The lowest BCUT2D eigenvalue weighted by molar-refractivity contribution is -0.137. The zero-order chi connectivity index (χ0) is 18.0. The first-order chi connectivity index (χ1) is 11.3. The molecular weight excluding hydrogens is 314 g/mol. The Morgan fingerprint density at radius 3 is 2.33 bits per heavy atom. The molecule has 7 nitrogen and oxygen atoms in total. The van der Waals surface area contributed by atoms with Gasteiger partial charge in [0.05, 0.1) is 6.61 Å². The van der Waals surface area contributed by atoms with Gasteiger partial charge >= 0.3 is 12.1 Å². The van der Waals surface area contributed by atoms with Crippen LogP contribution in [0.2, 0.25) is 0 Å². The number of benzene rings is 1. The number of aliphatic carboxylic acids is 1. The Labute approximate surface area is 141 Å². The van der Waals surface area contributed by atoms with Gasteiger partial charge in [0.15, 0.2) is 0 Å². The summed E-state index contributed by atoms with van der Waals surface area (Å²) >= 11 is 0. The van der Waals surface area contributed by atoms with E-state index in [1.54, 1.807) is 45.0 Å². The van der Waals surface area contributed by atoms with Crippen molar-refractivity contribution in [1.82, 2.24) is 0 Å². The third-order valence-electron chi connectivity index (χ3n) is 2.68. The Morgan fingerprint density at radius 1 is 1.08 bits per heavy atom. The van der Waals surface area contributed by atoms with Crippen molar-refractivity contribution in [3.05, 3.63) is 24.3 Å². The van der Waals surface area contributed by atoms with Crippen molar-refractivity contribution < 1.29 is 28.9 Å². The summed E-state index contributed by atoms with van der Waals surface area (Å²) in [5.41, 5.74) is 0.0685. The predicted octanol–water partition coefficient (Wildman–Crippen LogP) is 3.29. The van der Waals surface area contributed by atoms with Crippen LogP contribution in [0.1, 0.15) is 33.6 Å². The highest BCUT2D eigenvalue weighted by atomic mass is 16.6. The second-order valence-corrected chi connectivity index (χ2v) is 6.11. The number of amides is 1. The molecule has 0 heterocycles. The van der Waals surface area contributed by atoms with E-state index in [9.17, 15) is 9.59 Å². The number of hydrogen-bond donors (Lipinski definition) is 2. The molecule has 1 rings (SSSR count). The van der Waals surface area contributed by atoms with Gasteiger partial charge in [-0.05, 0) is 51.5 Å². The first kappa shape index (κ1) is 19.8. The zero-order valence-corrected chi connectivity index (χ0v) is 14.3. The van der Waals surface area contributed by atoms with Crippen molar-refractivity contribution in [2.75, 3.05) is 25.1 Å². The summed E-state index contributed by atoms with van der Waals surface area (Å²) in [4.78, 5) is 22.0. The van der Waals surface area contributed by atoms with Gasteiger partial charge in [-0.2, -0.15) is 0 Å². The van der Waals surface area contributed by atoms with Crippen LogP contribution in [0.4, 0.5) is 10.5 Å². The smallest absolute Gasteiger partial charge is 0.412 e. The first-order valence-electron chi connectivity index (χ1n) is 7.79. The lowest BCUT2D eigenvalue weighted by Crippen LogP contribution is -2.27. The fourth-order valence-corrected chi connectivity index (χ4v) is 1.70. The second kappa shape index (κ2) is 9.77. The number of ether oxygens (including phenoxy) is 3. The molecule has 1 aromatic rings. The van der Waals surface area contributed by atoms with Crippen LogP contribution in [0.5, 0.6) is 5.75 Å². The topological polar surface area (TPSA) is 94.1 Å². The largest absolute Gasteiger partial charge is 0.491 e. The maximum absolute atomic E-state index is 11.6. The SMILES string of the molecule is CC(C)(C)OC(=O)Nc1ccc(OCCOCCCC(=O)O)cc1. The Bertz CT molecular complexity index is 521. The summed E-state index contributed by atoms with van der Waals surface area (Å²) in [7, 11) is 0. The van der Waals surface area contributed by atoms with Gasteiger partial charge in [0.1, 0.15) is 18.0 Å². The Kier molecular flexibility index (Phi) is 8.05. The molecule has 0 fully saturated rings. The van der Waals surface area contributed by atoms with Crippen molar-refractivity contribution in [1.29, 1.82) is 0 Å². The maximum atomic E-state index is 11.6. The van der Waals surface area contributed by atoms with Crippen molar-refractivity contribution in [3.8, 4) is 5.75 Å². The molecule has 7 heteroatoms. The fraction of sp³-hybridized carbons (Fsp3) is 0.529. The molecule has 1 amide bonds. The van der Waals surface area contributed by atoms with Gasteiger partial charge in [0.2, 0.25) is 0 Å². The molecule has 0 radical (unpaired) electrons. The highest BCUT2D eigenvalue weighted by Crippen LogP contribution is 2.17. The summed E-state index contributed by atoms with van der Waals surface area (Å²) < 4.78 is 15.9. The fourth-order valence-electron chi connectivity index (χ4n) is 1.70. The zero-order valence-electron chi connectivity index (χ0n) is 14.3. The molecule has 0 saturated carbocycles. The molecular formula is C17H25NO6. The number of carbonyl (C=O) groups is 2. The van der Waals surface area contributed by atoms with Crippen LogP contribution >= 0.6 is 0 Å². The summed E-state index contributed by atoms with van der Waals surface area (Å²) in [5, 5.41) is 11.1. The Balaban J connectivity index is 2.22. The Morgan fingerprint density at radius 2 is 1.75 bits per heavy atom. The van der Waals surface area contributed by atoms with E-state index < -0.39 is 17.7 Å². The number of anilines is 1. The molecule has 0 atom stereocenters. The summed E-state index contributed by atoms with van der Waals surface area (Å²) in [5.74, 6) is -0.172. The minimum atomic E-state index is -0.824. The van der Waals surface area contributed by atoms with Gasteiger partial charge < -0.3 is 19.3 Å². The van der Waals surface area contributed by atoms with Crippen molar-refractivity contribution >= 4 is 17.7 Å². The average molecular weight is 339 g/mol. The van der Waals surface area contributed by atoms with E-state index in [-0.39, 0.29) is 6.42 Å². The van der Waals surface area contributed by atoms with Crippen LogP contribution in [0.3, 0.4) is 0 Å². The summed E-state index contributed by atoms with van der Waals surface area (Å²) in [6, 6.07) is 6.90. The first-order valence-corrected chi connectivity index (χ1v) is 7.79. The van der Waals surface area contributed by atoms with E-state index in [4.69, 9.17) is 19.3 Å². The van der Waals surface area contributed by atoms with E-state index in [0.29, 0.717) is 37.7 Å². The summed E-state index contributed by atoms with van der Waals surface area (Å²) in [6.45, 7) is 6.55. The standard InChI is InChI=1S/C17H25NO6/c1-17(2,3)24-16(21)18-13-6-8-14(9-7-13)23-12-11-22-10-4-5-15(19)20/h6-9H,4-5,10-12H2,1-3H3,(H,18,21)(H,19,20). The van der Waals surface area contributed by atoms with E-state index in [1.165, 1.54) is 0 Å². The number of rotatable bonds is 9. The molecule has 0 spiro atoms. The quantitative estimate of drug-likeness (QED) is 0.671. The number of carboxylic acid groups (broad SMARTS) is 1. The highest BCUT2D eigenvalue weighted by molar-refractivity contribution is 5.84. The Hall–Kier alpha value is -2.28. The molecule has 2 N–H and O–H groups in total. The van der Waals surface area contributed by atoms with E-state index in [1.807, 2.05) is 0 Å². The van der Waals surface area contributed by atoms with Gasteiger partial charge in [-0.3, -0.25) is 10.1 Å². The van der Waals surface area contributed by atoms with Gasteiger partial charge in [-0.15, -0.1) is 0 Å².